The lowest BCUT2D eigenvalue weighted by molar-refractivity contribution is -0.0317. The molecule has 2 rings (SSSR count). The van der Waals surface area contributed by atoms with E-state index in [0.29, 0.717) is 12.5 Å². The molecule has 0 radical (unpaired) electrons. The molecule has 1 aliphatic rings. The van der Waals surface area contributed by atoms with Gasteiger partial charge in [-0.25, -0.2) is 4.98 Å². The number of aromatic nitrogens is 2. The van der Waals surface area contributed by atoms with E-state index in [1.165, 1.54) is 0 Å². The second-order valence-corrected chi connectivity index (χ2v) is 3.83. The van der Waals surface area contributed by atoms with Gasteiger partial charge in [-0.2, -0.15) is 0 Å². The summed E-state index contributed by atoms with van der Waals surface area (Å²) in [6.07, 6.45) is 6.10. The van der Waals surface area contributed by atoms with Gasteiger partial charge < -0.3 is 15.0 Å². The van der Waals surface area contributed by atoms with Gasteiger partial charge in [0.25, 0.3) is 0 Å². The molecule has 2 atom stereocenters. The van der Waals surface area contributed by atoms with Crippen molar-refractivity contribution in [3.05, 3.63) is 18.2 Å². The zero-order valence-electron chi connectivity index (χ0n) is 8.52. The Morgan fingerprint density at radius 3 is 3.21 bits per heavy atom. The fourth-order valence-corrected chi connectivity index (χ4v) is 2.02. The standard InChI is InChI=1S/C10H17N3O/c1-13-5-4-12-10(13)9-8(7-11)3-2-6-14-9/h4-5,8-9H,2-3,6-7,11H2,1H3/t8-,9+/m0/s1. The molecule has 1 fully saturated rings. The van der Waals surface area contributed by atoms with Crippen LogP contribution in [0, 0.1) is 5.92 Å². The number of nitrogens with two attached hydrogens (primary N) is 1. The molecule has 0 amide bonds. The number of hydrogen-bond acceptors (Lipinski definition) is 3. The van der Waals surface area contributed by atoms with Crippen molar-refractivity contribution in [1.82, 2.24) is 9.55 Å². The highest BCUT2D eigenvalue weighted by Crippen LogP contribution is 2.31. The van der Waals surface area contributed by atoms with Crippen LogP contribution in [-0.4, -0.2) is 22.7 Å². The van der Waals surface area contributed by atoms with E-state index in [-0.39, 0.29) is 6.10 Å². The van der Waals surface area contributed by atoms with E-state index in [4.69, 9.17) is 10.5 Å². The number of hydrogen-bond donors (Lipinski definition) is 1. The first kappa shape index (κ1) is 9.68. The fourth-order valence-electron chi connectivity index (χ4n) is 2.02. The van der Waals surface area contributed by atoms with E-state index < -0.39 is 0 Å². The summed E-state index contributed by atoms with van der Waals surface area (Å²) in [5, 5.41) is 0. The second-order valence-electron chi connectivity index (χ2n) is 3.83. The monoisotopic (exact) mass is 195 g/mol. The van der Waals surface area contributed by atoms with Gasteiger partial charge in [0.15, 0.2) is 0 Å². The third-order valence-corrected chi connectivity index (χ3v) is 2.86. The van der Waals surface area contributed by atoms with Crippen molar-refractivity contribution in [2.45, 2.75) is 18.9 Å². The first-order valence-corrected chi connectivity index (χ1v) is 5.12. The van der Waals surface area contributed by atoms with Gasteiger partial charge in [0, 0.05) is 32.0 Å². The van der Waals surface area contributed by atoms with Crippen molar-refractivity contribution in [1.29, 1.82) is 0 Å². The summed E-state index contributed by atoms with van der Waals surface area (Å²) in [6.45, 7) is 1.51. The molecule has 0 aromatic carbocycles. The van der Waals surface area contributed by atoms with Crippen LogP contribution in [0.5, 0.6) is 0 Å². The van der Waals surface area contributed by atoms with Crippen LogP contribution in [0.1, 0.15) is 24.8 Å². The molecule has 2 N–H and O–H groups in total. The maximum absolute atomic E-state index is 5.74. The van der Waals surface area contributed by atoms with Crippen LogP contribution in [0.4, 0.5) is 0 Å². The summed E-state index contributed by atoms with van der Waals surface area (Å²) in [5.41, 5.74) is 5.73. The highest BCUT2D eigenvalue weighted by atomic mass is 16.5. The SMILES string of the molecule is Cn1ccnc1[C@@H]1OCCC[C@H]1CN. The Labute approximate surface area is 84.1 Å². The van der Waals surface area contributed by atoms with E-state index in [2.05, 4.69) is 4.98 Å². The van der Waals surface area contributed by atoms with Crippen LogP contribution < -0.4 is 5.73 Å². The molecular weight excluding hydrogens is 178 g/mol. The van der Waals surface area contributed by atoms with Gasteiger partial charge in [-0.1, -0.05) is 0 Å². The predicted octanol–water partition coefficient (Wildman–Crippen LogP) is 0.847. The topological polar surface area (TPSA) is 53.1 Å². The molecule has 4 nitrogen and oxygen atoms in total. The zero-order valence-corrected chi connectivity index (χ0v) is 8.52. The van der Waals surface area contributed by atoms with Gasteiger partial charge in [-0.3, -0.25) is 0 Å². The summed E-state index contributed by atoms with van der Waals surface area (Å²) in [4.78, 5) is 4.32. The minimum atomic E-state index is 0.0914. The lowest BCUT2D eigenvalue weighted by Gasteiger charge is -2.30. The third-order valence-electron chi connectivity index (χ3n) is 2.86. The molecule has 1 aromatic rings. The summed E-state index contributed by atoms with van der Waals surface area (Å²) in [5.74, 6) is 1.42. The van der Waals surface area contributed by atoms with E-state index in [0.717, 1.165) is 25.3 Å². The van der Waals surface area contributed by atoms with Crippen LogP contribution >= 0.6 is 0 Å². The summed E-state index contributed by atoms with van der Waals surface area (Å²) in [7, 11) is 1.99. The first-order valence-electron chi connectivity index (χ1n) is 5.12. The molecule has 0 bridgehead atoms. The lowest BCUT2D eigenvalue weighted by atomic mass is 9.94. The van der Waals surface area contributed by atoms with Crippen molar-refractivity contribution in [3.63, 3.8) is 0 Å². The van der Waals surface area contributed by atoms with Crippen LogP contribution in [0.25, 0.3) is 0 Å². The Bertz CT molecular complexity index is 297. The number of aryl methyl sites for hydroxylation is 1. The Morgan fingerprint density at radius 2 is 2.57 bits per heavy atom. The van der Waals surface area contributed by atoms with Gasteiger partial charge in [-0.15, -0.1) is 0 Å². The molecular formula is C10H17N3O. The molecule has 1 aliphatic heterocycles. The summed E-state index contributed by atoms with van der Waals surface area (Å²) in [6, 6.07) is 0. The van der Waals surface area contributed by atoms with Crippen molar-refractivity contribution in [2.24, 2.45) is 18.7 Å². The maximum Gasteiger partial charge on any atom is 0.137 e. The van der Waals surface area contributed by atoms with E-state index in [9.17, 15) is 0 Å². The summed E-state index contributed by atoms with van der Waals surface area (Å²) < 4.78 is 7.76. The molecule has 0 spiro atoms. The minimum absolute atomic E-state index is 0.0914. The van der Waals surface area contributed by atoms with E-state index in [1.807, 2.05) is 17.8 Å². The second kappa shape index (κ2) is 4.11. The summed E-state index contributed by atoms with van der Waals surface area (Å²) >= 11 is 0. The largest absolute Gasteiger partial charge is 0.370 e. The Hall–Kier alpha value is -0.870. The highest BCUT2D eigenvalue weighted by Gasteiger charge is 2.28. The molecule has 1 aromatic heterocycles. The van der Waals surface area contributed by atoms with E-state index >= 15 is 0 Å². The van der Waals surface area contributed by atoms with Crippen LogP contribution in [0.2, 0.25) is 0 Å². The van der Waals surface area contributed by atoms with Gasteiger partial charge in [0.2, 0.25) is 0 Å². The van der Waals surface area contributed by atoms with Crippen molar-refractivity contribution < 1.29 is 4.74 Å². The molecule has 2 heterocycles. The quantitative estimate of drug-likeness (QED) is 0.761. The molecule has 14 heavy (non-hydrogen) atoms. The number of imidazole rings is 1. The Kier molecular flexibility index (Phi) is 2.84. The number of rotatable bonds is 2. The molecule has 0 unspecified atom stereocenters. The van der Waals surface area contributed by atoms with E-state index in [1.54, 1.807) is 6.20 Å². The van der Waals surface area contributed by atoms with Gasteiger partial charge >= 0.3 is 0 Å². The smallest absolute Gasteiger partial charge is 0.137 e. The van der Waals surface area contributed by atoms with Gasteiger partial charge in [0.1, 0.15) is 11.9 Å². The zero-order chi connectivity index (χ0) is 9.97. The number of ether oxygens (including phenoxy) is 1. The molecule has 4 heteroatoms. The Morgan fingerprint density at radius 1 is 1.71 bits per heavy atom. The van der Waals surface area contributed by atoms with Crippen molar-refractivity contribution in [3.8, 4) is 0 Å². The van der Waals surface area contributed by atoms with Crippen molar-refractivity contribution in [2.75, 3.05) is 13.2 Å². The fraction of sp³-hybridized carbons (Fsp3) is 0.700. The molecule has 0 aliphatic carbocycles. The highest BCUT2D eigenvalue weighted by molar-refractivity contribution is 4.99. The lowest BCUT2D eigenvalue weighted by Crippen LogP contribution is -2.30. The minimum Gasteiger partial charge on any atom is -0.370 e. The predicted molar refractivity (Wildman–Crippen MR) is 53.7 cm³/mol. The molecule has 1 saturated heterocycles. The first-order chi connectivity index (χ1) is 6.83. The van der Waals surface area contributed by atoms with Gasteiger partial charge in [-0.05, 0) is 19.4 Å². The average molecular weight is 195 g/mol. The average Bonchev–Trinajstić information content (AvgIpc) is 2.64. The third kappa shape index (κ3) is 1.67. The van der Waals surface area contributed by atoms with Crippen molar-refractivity contribution >= 4 is 0 Å². The maximum atomic E-state index is 5.74. The molecule has 78 valence electrons. The molecule has 0 saturated carbocycles. The normalized spacial score (nSPS) is 27.9. The van der Waals surface area contributed by atoms with Crippen LogP contribution in [0.15, 0.2) is 12.4 Å². The van der Waals surface area contributed by atoms with Crippen LogP contribution in [-0.2, 0) is 11.8 Å². The Balaban J connectivity index is 2.19. The van der Waals surface area contributed by atoms with Crippen LogP contribution in [0.3, 0.4) is 0 Å². The van der Waals surface area contributed by atoms with Gasteiger partial charge in [0.05, 0.1) is 0 Å². The number of nitrogens with zero attached hydrogens (tertiary/aromatic N) is 2.